The highest BCUT2D eigenvalue weighted by Crippen LogP contribution is 2.49. The number of amides is 1. The third-order valence-corrected chi connectivity index (χ3v) is 6.88. The number of fused-ring (bicyclic) bond motifs is 2. The molecule has 146 valence electrons. The minimum atomic E-state index is 0.0357. The van der Waals surface area contributed by atoms with E-state index in [9.17, 15) is 9.59 Å². The van der Waals surface area contributed by atoms with Gasteiger partial charge >= 0.3 is 0 Å². The SMILES string of the molecule is CCSc1cc2c(n(C)c1=O)CC1CN(C(=O)c3ccccc3)c3cccc-2c31. The molecule has 1 aromatic heterocycles. The lowest BCUT2D eigenvalue weighted by atomic mass is 9.82. The van der Waals surface area contributed by atoms with Crippen molar-refractivity contribution < 1.29 is 4.79 Å². The van der Waals surface area contributed by atoms with Crippen LogP contribution in [0, 0.1) is 0 Å². The van der Waals surface area contributed by atoms with Crippen molar-refractivity contribution in [2.75, 3.05) is 17.2 Å². The Labute approximate surface area is 174 Å². The van der Waals surface area contributed by atoms with Crippen molar-refractivity contribution in [1.29, 1.82) is 0 Å². The second kappa shape index (κ2) is 6.92. The van der Waals surface area contributed by atoms with Crippen LogP contribution in [0.25, 0.3) is 11.1 Å². The Morgan fingerprint density at radius 1 is 1.10 bits per heavy atom. The molecule has 1 atom stereocenters. The number of carbonyl (C=O) groups is 1. The molecule has 5 rings (SSSR count). The highest BCUT2D eigenvalue weighted by Gasteiger charge is 2.38. The Kier molecular flexibility index (Phi) is 4.36. The van der Waals surface area contributed by atoms with Gasteiger partial charge in [-0.3, -0.25) is 9.59 Å². The summed E-state index contributed by atoms with van der Waals surface area (Å²) in [5.41, 5.74) is 6.39. The molecule has 2 heterocycles. The first kappa shape index (κ1) is 18.3. The van der Waals surface area contributed by atoms with E-state index in [1.54, 1.807) is 11.8 Å². The minimum absolute atomic E-state index is 0.0357. The third kappa shape index (κ3) is 2.76. The average molecular weight is 403 g/mol. The molecule has 5 heteroatoms. The maximum Gasteiger partial charge on any atom is 0.264 e. The molecule has 0 bridgehead atoms. The van der Waals surface area contributed by atoms with Crippen LogP contribution in [0.1, 0.15) is 34.5 Å². The van der Waals surface area contributed by atoms with Crippen LogP contribution in [0.5, 0.6) is 0 Å². The number of carbonyl (C=O) groups excluding carboxylic acids is 1. The number of rotatable bonds is 3. The summed E-state index contributed by atoms with van der Waals surface area (Å²) in [6, 6.07) is 17.7. The van der Waals surface area contributed by atoms with E-state index in [1.807, 2.05) is 59.0 Å². The third-order valence-electron chi connectivity index (χ3n) is 5.99. The second-order valence-electron chi connectivity index (χ2n) is 7.59. The summed E-state index contributed by atoms with van der Waals surface area (Å²) in [6.45, 7) is 2.71. The number of hydrogen-bond acceptors (Lipinski definition) is 3. The fourth-order valence-electron chi connectivity index (χ4n) is 4.67. The molecule has 1 unspecified atom stereocenters. The van der Waals surface area contributed by atoms with Crippen molar-refractivity contribution in [3.05, 3.63) is 81.8 Å². The van der Waals surface area contributed by atoms with Gasteiger partial charge in [0, 0.05) is 42.0 Å². The molecular formula is C24H22N2O2S. The van der Waals surface area contributed by atoms with Crippen molar-refractivity contribution in [3.8, 4) is 11.1 Å². The predicted molar refractivity (Wildman–Crippen MR) is 118 cm³/mol. The van der Waals surface area contributed by atoms with Gasteiger partial charge in [-0.25, -0.2) is 0 Å². The largest absolute Gasteiger partial charge is 0.314 e. The number of benzene rings is 2. The molecule has 0 radical (unpaired) electrons. The van der Waals surface area contributed by atoms with Gasteiger partial charge in [-0.05, 0) is 47.6 Å². The van der Waals surface area contributed by atoms with Gasteiger partial charge in [-0.2, -0.15) is 0 Å². The molecule has 0 fully saturated rings. The number of aromatic nitrogens is 1. The first-order valence-corrected chi connectivity index (χ1v) is 10.9. The Morgan fingerprint density at radius 2 is 1.90 bits per heavy atom. The van der Waals surface area contributed by atoms with Gasteiger partial charge in [0.25, 0.3) is 11.5 Å². The molecule has 0 spiro atoms. The fraction of sp³-hybridized carbons (Fsp3) is 0.250. The van der Waals surface area contributed by atoms with Crippen LogP contribution in [0.2, 0.25) is 0 Å². The minimum Gasteiger partial charge on any atom is -0.314 e. The van der Waals surface area contributed by atoms with Gasteiger partial charge in [0.1, 0.15) is 0 Å². The zero-order valence-corrected chi connectivity index (χ0v) is 17.3. The van der Waals surface area contributed by atoms with Crippen molar-refractivity contribution in [2.45, 2.75) is 24.2 Å². The Bertz CT molecular complexity index is 1180. The lowest BCUT2D eigenvalue weighted by Crippen LogP contribution is -2.31. The molecule has 29 heavy (non-hydrogen) atoms. The van der Waals surface area contributed by atoms with Gasteiger partial charge in [-0.15, -0.1) is 11.8 Å². The number of pyridine rings is 1. The van der Waals surface area contributed by atoms with Crippen LogP contribution in [-0.2, 0) is 13.5 Å². The lowest BCUT2D eigenvalue weighted by Gasteiger charge is -2.26. The van der Waals surface area contributed by atoms with Crippen LogP contribution >= 0.6 is 11.8 Å². The van der Waals surface area contributed by atoms with Crippen LogP contribution in [0.3, 0.4) is 0 Å². The van der Waals surface area contributed by atoms with Gasteiger partial charge in [0.15, 0.2) is 0 Å². The molecule has 0 N–H and O–H groups in total. The van der Waals surface area contributed by atoms with Crippen LogP contribution in [0.4, 0.5) is 5.69 Å². The van der Waals surface area contributed by atoms with E-state index in [1.165, 1.54) is 5.56 Å². The lowest BCUT2D eigenvalue weighted by molar-refractivity contribution is 0.0988. The molecule has 1 amide bonds. The van der Waals surface area contributed by atoms with Crippen molar-refractivity contribution in [2.24, 2.45) is 7.05 Å². The number of nitrogens with zero attached hydrogens (tertiary/aromatic N) is 2. The summed E-state index contributed by atoms with van der Waals surface area (Å²) >= 11 is 1.59. The van der Waals surface area contributed by atoms with Gasteiger partial charge < -0.3 is 9.47 Å². The quantitative estimate of drug-likeness (QED) is 0.607. The van der Waals surface area contributed by atoms with Gasteiger partial charge in [0.05, 0.1) is 4.90 Å². The Hall–Kier alpha value is -2.79. The summed E-state index contributed by atoms with van der Waals surface area (Å²) in [6.07, 6.45) is 0.779. The summed E-state index contributed by atoms with van der Waals surface area (Å²) < 4.78 is 1.81. The van der Waals surface area contributed by atoms with E-state index in [4.69, 9.17) is 0 Å². The van der Waals surface area contributed by atoms with E-state index in [0.29, 0.717) is 12.1 Å². The van der Waals surface area contributed by atoms with Crippen LogP contribution in [-0.4, -0.2) is 22.8 Å². The molecule has 0 saturated carbocycles. The average Bonchev–Trinajstić information content (AvgIpc) is 3.13. The number of hydrogen-bond donors (Lipinski definition) is 0. The molecule has 3 aromatic rings. The second-order valence-corrected chi connectivity index (χ2v) is 8.89. The predicted octanol–water partition coefficient (Wildman–Crippen LogP) is 4.46. The smallest absolute Gasteiger partial charge is 0.264 e. The Morgan fingerprint density at radius 3 is 2.66 bits per heavy atom. The van der Waals surface area contributed by atoms with Gasteiger partial charge in [-0.1, -0.05) is 37.3 Å². The molecule has 0 saturated heterocycles. The number of thioether (sulfide) groups is 1. The molecule has 2 aliphatic rings. The van der Waals surface area contributed by atoms with Crippen LogP contribution < -0.4 is 10.5 Å². The summed E-state index contributed by atoms with van der Waals surface area (Å²) in [7, 11) is 1.87. The summed E-state index contributed by atoms with van der Waals surface area (Å²) in [5, 5.41) is 0. The molecule has 1 aliphatic heterocycles. The summed E-state index contributed by atoms with van der Waals surface area (Å²) in [4.78, 5) is 28.7. The molecule has 4 nitrogen and oxygen atoms in total. The van der Waals surface area contributed by atoms with Crippen LogP contribution in [0.15, 0.2) is 64.3 Å². The molecular weight excluding hydrogens is 380 g/mol. The number of anilines is 1. The van der Waals surface area contributed by atoms with E-state index in [-0.39, 0.29) is 17.4 Å². The Balaban J connectivity index is 1.65. The van der Waals surface area contributed by atoms with Crippen molar-refractivity contribution in [3.63, 3.8) is 0 Å². The van der Waals surface area contributed by atoms with Gasteiger partial charge in [0.2, 0.25) is 0 Å². The zero-order chi connectivity index (χ0) is 20.1. The fourth-order valence-corrected chi connectivity index (χ4v) is 5.45. The highest BCUT2D eigenvalue weighted by molar-refractivity contribution is 7.99. The first-order chi connectivity index (χ1) is 14.1. The zero-order valence-electron chi connectivity index (χ0n) is 16.5. The first-order valence-electron chi connectivity index (χ1n) is 9.96. The van der Waals surface area contributed by atoms with E-state index in [2.05, 4.69) is 19.1 Å². The highest BCUT2D eigenvalue weighted by atomic mass is 32.2. The van der Waals surface area contributed by atoms with E-state index in [0.717, 1.165) is 39.6 Å². The molecule has 2 aromatic carbocycles. The molecule has 1 aliphatic carbocycles. The van der Waals surface area contributed by atoms with E-state index < -0.39 is 0 Å². The van der Waals surface area contributed by atoms with Crippen molar-refractivity contribution >= 4 is 23.4 Å². The normalized spacial score (nSPS) is 16.5. The monoisotopic (exact) mass is 402 g/mol. The maximum absolute atomic E-state index is 13.2. The summed E-state index contributed by atoms with van der Waals surface area (Å²) in [5.74, 6) is 1.12. The topological polar surface area (TPSA) is 42.3 Å². The standard InChI is InChI=1S/C24H22N2O2S/c1-3-29-21-13-18-17-10-7-11-19-22(17)16(12-20(18)25(2)24(21)28)14-26(19)23(27)15-8-5-4-6-9-15/h4-11,13,16H,3,12,14H2,1-2H3. The van der Waals surface area contributed by atoms with Crippen molar-refractivity contribution in [1.82, 2.24) is 4.57 Å². The maximum atomic E-state index is 13.2. The van der Waals surface area contributed by atoms with E-state index >= 15 is 0 Å².